The smallest absolute Gasteiger partial charge is 0.384 e. The van der Waals surface area contributed by atoms with E-state index in [0.29, 0.717) is 12.1 Å². The Bertz CT molecular complexity index is 918. The van der Waals surface area contributed by atoms with Crippen LogP contribution in [0.25, 0.3) is 0 Å². The lowest BCUT2D eigenvalue weighted by atomic mass is 9.82. The van der Waals surface area contributed by atoms with Crippen LogP contribution < -0.4 is 16.4 Å². The Kier molecular flexibility index (Phi) is 6.65. The largest absolute Gasteiger partial charge is 0.416 e. The van der Waals surface area contributed by atoms with Gasteiger partial charge in [-0.2, -0.15) is 26.3 Å². The number of halogens is 6. The summed E-state index contributed by atoms with van der Waals surface area (Å²) in [5, 5.41) is 5.89. The monoisotopic (exact) mass is 489 g/mol. The lowest BCUT2D eigenvalue weighted by Gasteiger charge is -2.34. The van der Waals surface area contributed by atoms with Crippen LogP contribution in [-0.2, 0) is 17.1 Å². The van der Waals surface area contributed by atoms with Crippen LogP contribution in [0.5, 0.6) is 0 Å². The number of hydrogen-bond donors (Lipinski definition) is 3. The summed E-state index contributed by atoms with van der Waals surface area (Å²) in [6.07, 6.45) is -1.34. The minimum absolute atomic E-state index is 0.0264. The van der Waals surface area contributed by atoms with Crippen LogP contribution in [0.4, 0.5) is 32.0 Å². The molecular weight excluding hydrogens is 460 g/mol. The average Bonchev–Trinajstić information content (AvgIpc) is 3.44. The Labute approximate surface area is 194 Å². The van der Waals surface area contributed by atoms with E-state index in [4.69, 9.17) is 5.73 Å². The van der Waals surface area contributed by atoms with E-state index < -0.39 is 35.1 Å². The fraction of sp³-hybridized carbons (Fsp3) is 0.625. The van der Waals surface area contributed by atoms with Crippen molar-refractivity contribution >= 4 is 11.6 Å². The van der Waals surface area contributed by atoms with Crippen molar-refractivity contribution < 1.29 is 31.1 Å². The molecule has 4 N–H and O–H groups in total. The zero-order chi connectivity index (χ0) is 24.7. The van der Waals surface area contributed by atoms with Crippen molar-refractivity contribution in [3.8, 4) is 0 Å². The topological polar surface area (TPSA) is 67.1 Å². The van der Waals surface area contributed by atoms with Crippen LogP contribution >= 0.6 is 0 Å². The first-order valence-electron chi connectivity index (χ1n) is 11.7. The quantitative estimate of drug-likeness (QED) is 0.421. The second-order valence-corrected chi connectivity index (χ2v) is 9.90. The highest BCUT2D eigenvalue weighted by atomic mass is 19.4. The summed E-state index contributed by atoms with van der Waals surface area (Å²) in [5.74, 6) is -0.557. The zero-order valence-electron chi connectivity index (χ0n) is 18.7. The first kappa shape index (κ1) is 24.9. The van der Waals surface area contributed by atoms with E-state index in [9.17, 15) is 31.1 Å². The first-order valence-corrected chi connectivity index (χ1v) is 11.7. The second-order valence-electron chi connectivity index (χ2n) is 9.90. The van der Waals surface area contributed by atoms with E-state index in [1.807, 2.05) is 0 Å². The fourth-order valence-electron chi connectivity index (χ4n) is 4.80. The second kappa shape index (κ2) is 9.09. The normalized spacial score (nSPS) is 24.3. The molecule has 0 bridgehead atoms. The predicted octanol–water partition coefficient (Wildman–Crippen LogP) is 6.13. The Morgan fingerprint density at radius 2 is 1.50 bits per heavy atom. The fourth-order valence-corrected chi connectivity index (χ4v) is 4.80. The van der Waals surface area contributed by atoms with E-state index in [0.717, 1.165) is 51.4 Å². The Balaban J connectivity index is 1.32. The summed E-state index contributed by atoms with van der Waals surface area (Å²) >= 11 is 0. The van der Waals surface area contributed by atoms with Crippen molar-refractivity contribution in [3.05, 3.63) is 40.6 Å². The molecule has 3 aliphatic rings. The molecule has 0 heterocycles. The summed E-state index contributed by atoms with van der Waals surface area (Å²) in [5.41, 5.74) is 5.44. The molecule has 0 aromatic heterocycles. The summed E-state index contributed by atoms with van der Waals surface area (Å²) in [4.78, 5) is 12.4. The maximum Gasteiger partial charge on any atom is 0.416 e. The molecule has 1 amide bonds. The third-order valence-corrected chi connectivity index (χ3v) is 7.14. The number of allylic oxidation sites excluding steroid dienone is 1. The first-order chi connectivity index (χ1) is 15.8. The molecule has 0 unspecified atom stereocenters. The van der Waals surface area contributed by atoms with Gasteiger partial charge < -0.3 is 16.4 Å². The van der Waals surface area contributed by atoms with Gasteiger partial charge in [-0.05, 0) is 87.5 Å². The molecule has 3 fully saturated rings. The number of hydrogen-bond acceptors (Lipinski definition) is 3. The lowest BCUT2D eigenvalue weighted by Crippen LogP contribution is -2.42. The van der Waals surface area contributed by atoms with Crippen LogP contribution in [0.1, 0.15) is 75.3 Å². The van der Waals surface area contributed by atoms with Gasteiger partial charge in [0.2, 0.25) is 5.91 Å². The SMILES string of the molecule is NC1(C(NC2CCC(CC(=O)Nc3cc(C(F)(F)F)cc(C(F)(F)F)c3)CC2)=C2CCC2)CC1. The lowest BCUT2D eigenvalue weighted by molar-refractivity contribution is -0.143. The van der Waals surface area contributed by atoms with Crippen LogP contribution in [0, 0.1) is 5.92 Å². The van der Waals surface area contributed by atoms with Gasteiger partial charge in [0, 0.05) is 23.8 Å². The number of carbonyl (C=O) groups excluding carboxylic acids is 1. The maximum atomic E-state index is 13.0. The number of carbonyl (C=O) groups is 1. The third-order valence-electron chi connectivity index (χ3n) is 7.14. The van der Waals surface area contributed by atoms with E-state index >= 15 is 0 Å². The summed E-state index contributed by atoms with van der Waals surface area (Å²) in [6, 6.07) is 1.37. The minimum atomic E-state index is -4.96. The van der Waals surface area contributed by atoms with Crippen molar-refractivity contribution in [2.75, 3.05) is 5.32 Å². The van der Waals surface area contributed by atoms with E-state index in [2.05, 4.69) is 10.6 Å². The molecule has 188 valence electrons. The van der Waals surface area contributed by atoms with E-state index in [1.165, 1.54) is 17.7 Å². The number of benzene rings is 1. The van der Waals surface area contributed by atoms with Crippen molar-refractivity contribution in [2.45, 2.75) is 88.1 Å². The molecule has 0 radical (unpaired) electrons. The maximum absolute atomic E-state index is 13.0. The van der Waals surface area contributed by atoms with Gasteiger partial charge >= 0.3 is 12.4 Å². The summed E-state index contributed by atoms with van der Waals surface area (Å²) < 4.78 is 78.2. The molecule has 34 heavy (non-hydrogen) atoms. The summed E-state index contributed by atoms with van der Waals surface area (Å²) in [6.45, 7) is 0. The van der Waals surface area contributed by atoms with E-state index in [1.54, 1.807) is 0 Å². The van der Waals surface area contributed by atoms with E-state index in [-0.39, 0.29) is 30.0 Å². The van der Waals surface area contributed by atoms with Gasteiger partial charge in [0.25, 0.3) is 0 Å². The molecule has 3 aliphatic carbocycles. The molecular formula is C24H29F6N3O. The predicted molar refractivity (Wildman–Crippen MR) is 116 cm³/mol. The molecule has 0 atom stereocenters. The average molecular weight is 490 g/mol. The third kappa shape index (κ3) is 5.87. The molecule has 0 aliphatic heterocycles. The van der Waals surface area contributed by atoms with Gasteiger partial charge in [0.05, 0.1) is 16.7 Å². The van der Waals surface area contributed by atoms with Gasteiger partial charge in [0.15, 0.2) is 0 Å². The van der Waals surface area contributed by atoms with Crippen molar-refractivity contribution in [3.63, 3.8) is 0 Å². The van der Waals surface area contributed by atoms with Gasteiger partial charge in [-0.3, -0.25) is 4.79 Å². The van der Waals surface area contributed by atoms with Crippen LogP contribution in [0.15, 0.2) is 29.5 Å². The van der Waals surface area contributed by atoms with Crippen LogP contribution in [-0.4, -0.2) is 17.5 Å². The molecule has 0 saturated heterocycles. The number of nitrogens with one attached hydrogen (secondary N) is 2. The van der Waals surface area contributed by atoms with Gasteiger partial charge in [-0.15, -0.1) is 0 Å². The standard InChI is InChI=1S/C24H29F6N3O/c25-23(26,27)16-11-17(24(28,29)30)13-19(12-16)32-20(34)10-14-4-6-18(7-5-14)33-21(15-2-1-3-15)22(31)8-9-22/h11-14,18,33H,1-10,31H2,(H,32,34). The number of rotatable bonds is 6. The van der Waals surface area contributed by atoms with Crippen molar-refractivity contribution in [2.24, 2.45) is 11.7 Å². The molecule has 4 rings (SSSR count). The molecule has 10 heteroatoms. The Morgan fingerprint density at radius 3 is 1.94 bits per heavy atom. The van der Waals surface area contributed by atoms with Crippen LogP contribution in [0.3, 0.4) is 0 Å². The number of nitrogens with two attached hydrogens (primary N) is 1. The molecule has 1 aromatic carbocycles. The number of anilines is 1. The van der Waals surface area contributed by atoms with Gasteiger partial charge in [-0.1, -0.05) is 0 Å². The van der Waals surface area contributed by atoms with Crippen molar-refractivity contribution in [1.29, 1.82) is 0 Å². The highest BCUT2D eigenvalue weighted by molar-refractivity contribution is 5.91. The van der Waals surface area contributed by atoms with Crippen LogP contribution in [0.2, 0.25) is 0 Å². The zero-order valence-corrected chi connectivity index (χ0v) is 18.7. The van der Waals surface area contributed by atoms with Crippen molar-refractivity contribution in [1.82, 2.24) is 5.32 Å². The molecule has 4 nitrogen and oxygen atoms in total. The van der Waals surface area contributed by atoms with Gasteiger partial charge in [-0.25, -0.2) is 0 Å². The molecule has 0 spiro atoms. The summed E-state index contributed by atoms with van der Waals surface area (Å²) in [7, 11) is 0. The molecule has 1 aromatic rings. The Morgan fingerprint density at radius 1 is 0.941 bits per heavy atom. The molecule has 3 saturated carbocycles. The minimum Gasteiger partial charge on any atom is -0.384 e. The highest BCUT2D eigenvalue weighted by Crippen LogP contribution is 2.44. The highest BCUT2D eigenvalue weighted by Gasteiger charge is 2.45. The Hall–Kier alpha value is -2.23. The van der Waals surface area contributed by atoms with Gasteiger partial charge in [0.1, 0.15) is 0 Å². The number of alkyl halides is 6. The number of amides is 1.